The van der Waals surface area contributed by atoms with Gasteiger partial charge in [-0.05, 0) is 26.7 Å². The molecular weight excluding hydrogens is 260 g/mol. The van der Waals surface area contributed by atoms with E-state index in [-0.39, 0.29) is 12.5 Å². The van der Waals surface area contributed by atoms with E-state index in [1.54, 1.807) is 13.8 Å². The first kappa shape index (κ1) is 17.3. The number of carbonyl (C=O) groups is 1. The maximum atomic E-state index is 11.8. The van der Waals surface area contributed by atoms with Gasteiger partial charge in [0.2, 0.25) is 0 Å². The van der Waals surface area contributed by atoms with Crippen LogP contribution < -0.4 is 4.72 Å². The van der Waals surface area contributed by atoms with Crippen LogP contribution in [0.15, 0.2) is 0 Å². The molecule has 0 aliphatic heterocycles. The number of carboxylic acids is 1. The molecule has 7 nitrogen and oxygen atoms in total. The van der Waals surface area contributed by atoms with Crippen LogP contribution in [-0.4, -0.2) is 56.6 Å². The zero-order chi connectivity index (χ0) is 14.3. The molecular formula is C10H22N2O5S. The van der Waals surface area contributed by atoms with Gasteiger partial charge in [-0.1, -0.05) is 0 Å². The third kappa shape index (κ3) is 5.76. The highest BCUT2D eigenvalue weighted by Gasteiger charge is 2.27. The van der Waals surface area contributed by atoms with Gasteiger partial charge in [0.1, 0.15) is 6.04 Å². The second-order valence-corrected chi connectivity index (χ2v) is 6.02. The van der Waals surface area contributed by atoms with Crippen LogP contribution in [0.1, 0.15) is 26.7 Å². The van der Waals surface area contributed by atoms with E-state index in [1.807, 2.05) is 0 Å². The van der Waals surface area contributed by atoms with E-state index in [1.165, 1.54) is 14.2 Å². The van der Waals surface area contributed by atoms with Crippen molar-refractivity contribution in [1.82, 2.24) is 9.03 Å². The van der Waals surface area contributed by atoms with Crippen molar-refractivity contribution < 1.29 is 23.1 Å². The minimum absolute atomic E-state index is 0.189. The molecule has 108 valence electrons. The summed E-state index contributed by atoms with van der Waals surface area (Å²) >= 11 is 0. The highest BCUT2D eigenvalue weighted by molar-refractivity contribution is 7.87. The van der Waals surface area contributed by atoms with Gasteiger partial charge in [0.15, 0.2) is 0 Å². The van der Waals surface area contributed by atoms with E-state index in [9.17, 15) is 13.2 Å². The van der Waals surface area contributed by atoms with E-state index in [0.29, 0.717) is 13.0 Å². The van der Waals surface area contributed by atoms with E-state index < -0.39 is 22.2 Å². The Morgan fingerprint density at radius 2 is 2.00 bits per heavy atom. The van der Waals surface area contributed by atoms with E-state index in [2.05, 4.69) is 4.72 Å². The summed E-state index contributed by atoms with van der Waals surface area (Å²) in [6.07, 6.45) is 0.662. The van der Waals surface area contributed by atoms with Crippen molar-refractivity contribution in [3.05, 3.63) is 0 Å². The van der Waals surface area contributed by atoms with Gasteiger partial charge in [-0.2, -0.15) is 17.4 Å². The Hall–Kier alpha value is -0.700. The summed E-state index contributed by atoms with van der Waals surface area (Å²) in [5.74, 6) is -1.19. The fourth-order valence-electron chi connectivity index (χ4n) is 1.21. The lowest BCUT2D eigenvalue weighted by atomic mass is 10.2. The van der Waals surface area contributed by atoms with E-state index in [0.717, 1.165) is 4.31 Å². The van der Waals surface area contributed by atoms with Gasteiger partial charge in [-0.3, -0.25) is 4.79 Å². The number of ether oxygens (including phenoxy) is 1. The molecule has 1 unspecified atom stereocenters. The van der Waals surface area contributed by atoms with E-state index in [4.69, 9.17) is 9.84 Å². The molecule has 0 saturated heterocycles. The van der Waals surface area contributed by atoms with Crippen molar-refractivity contribution >= 4 is 16.2 Å². The number of carboxylic acid groups (broad SMARTS) is 1. The average Bonchev–Trinajstić information content (AvgIpc) is 2.26. The summed E-state index contributed by atoms with van der Waals surface area (Å²) < 4.78 is 31.8. The van der Waals surface area contributed by atoms with Gasteiger partial charge in [-0.25, -0.2) is 0 Å². The maximum absolute atomic E-state index is 11.8. The van der Waals surface area contributed by atoms with Crippen molar-refractivity contribution in [2.45, 2.75) is 38.8 Å². The highest BCUT2D eigenvalue weighted by atomic mass is 32.2. The number of aliphatic carboxylic acids is 1. The van der Waals surface area contributed by atoms with Gasteiger partial charge in [-0.15, -0.1) is 0 Å². The minimum atomic E-state index is -3.78. The van der Waals surface area contributed by atoms with Gasteiger partial charge in [0.25, 0.3) is 10.2 Å². The summed E-state index contributed by atoms with van der Waals surface area (Å²) in [4.78, 5) is 11.0. The largest absolute Gasteiger partial charge is 0.480 e. The van der Waals surface area contributed by atoms with Crippen LogP contribution in [0.3, 0.4) is 0 Å². The van der Waals surface area contributed by atoms with Crippen LogP contribution >= 0.6 is 0 Å². The number of rotatable bonds is 9. The summed E-state index contributed by atoms with van der Waals surface area (Å²) in [6.45, 7) is 3.81. The van der Waals surface area contributed by atoms with Crippen molar-refractivity contribution in [3.63, 3.8) is 0 Å². The fourth-order valence-corrected chi connectivity index (χ4v) is 2.50. The smallest absolute Gasteiger partial charge is 0.321 e. The Bertz CT molecular complexity index is 355. The van der Waals surface area contributed by atoms with Crippen molar-refractivity contribution in [2.24, 2.45) is 0 Å². The van der Waals surface area contributed by atoms with Crippen LogP contribution in [0.2, 0.25) is 0 Å². The Labute approximate surface area is 108 Å². The molecule has 0 fully saturated rings. The van der Waals surface area contributed by atoms with Gasteiger partial charge < -0.3 is 9.84 Å². The lowest BCUT2D eigenvalue weighted by Crippen LogP contribution is -2.49. The third-order valence-electron chi connectivity index (χ3n) is 2.54. The molecule has 0 spiro atoms. The summed E-state index contributed by atoms with van der Waals surface area (Å²) in [6, 6.07) is -1.37. The molecule has 1 atom stereocenters. The summed E-state index contributed by atoms with van der Waals surface area (Å²) in [5, 5.41) is 8.97. The number of nitrogens with zero attached hydrogens (tertiary/aromatic N) is 1. The maximum Gasteiger partial charge on any atom is 0.321 e. The van der Waals surface area contributed by atoms with Gasteiger partial charge >= 0.3 is 5.97 Å². The number of hydrogen-bond acceptors (Lipinski definition) is 4. The number of nitrogens with one attached hydrogen (secondary N) is 1. The monoisotopic (exact) mass is 282 g/mol. The molecule has 0 bridgehead atoms. The second-order valence-electron chi connectivity index (χ2n) is 4.26. The molecule has 0 radical (unpaired) electrons. The molecule has 0 amide bonds. The van der Waals surface area contributed by atoms with Crippen LogP contribution in [0.5, 0.6) is 0 Å². The Kier molecular flexibility index (Phi) is 7.37. The van der Waals surface area contributed by atoms with Crippen LogP contribution in [0.4, 0.5) is 0 Å². The molecule has 18 heavy (non-hydrogen) atoms. The van der Waals surface area contributed by atoms with Crippen molar-refractivity contribution in [1.29, 1.82) is 0 Å². The third-order valence-corrected chi connectivity index (χ3v) is 4.30. The quantitative estimate of drug-likeness (QED) is 0.582. The zero-order valence-corrected chi connectivity index (χ0v) is 12.0. The molecule has 0 aromatic carbocycles. The summed E-state index contributed by atoms with van der Waals surface area (Å²) in [5.41, 5.74) is 0. The molecule has 0 aliphatic carbocycles. The summed E-state index contributed by atoms with van der Waals surface area (Å²) in [7, 11) is -0.869. The molecule has 0 rings (SSSR count). The number of methoxy groups -OCH3 is 1. The Morgan fingerprint density at radius 3 is 2.39 bits per heavy atom. The van der Waals surface area contributed by atoms with Crippen LogP contribution in [0, 0.1) is 0 Å². The molecule has 0 aromatic rings. The van der Waals surface area contributed by atoms with Gasteiger partial charge in [0, 0.05) is 26.8 Å². The Morgan fingerprint density at radius 1 is 1.44 bits per heavy atom. The molecule has 0 heterocycles. The first-order valence-corrected chi connectivity index (χ1v) is 7.13. The highest BCUT2D eigenvalue weighted by Crippen LogP contribution is 2.05. The fraction of sp³-hybridized carbons (Fsp3) is 0.900. The zero-order valence-electron chi connectivity index (χ0n) is 11.2. The van der Waals surface area contributed by atoms with Crippen LogP contribution in [-0.2, 0) is 19.7 Å². The minimum Gasteiger partial charge on any atom is -0.480 e. The SMILES string of the molecule is COCCCC(NS(=O)(=O)N(C)C(C)C)C(=O)O. The predicted molar refractivity (Wildman–Crippen MR) is 67.5 cm³/mol. The normalized spacial score (nSPS) is 14.1. The molecule has 2 N–H and O–H groups in total. The first-order chi connectivity index (χ1) is 8.22. The van der Waals surface area contributed by atoms with Crippen molar-refractivity contribution in [2.75, 3.05) is 20.8 Å². The second kappa shape index (κ2) is 7.67. The topological polar surface area (TPSA) is 95.9 Å². The molecule has 0 saturated carbocycles. The lowest BCUT2D eigenvalue weighted by molar-refractivity contribution is -0.139. The lowest BCUT2D eigenvalue weighted by Gasteiger charge is -2.23. The Balaban J connectivity index is 4.62. The predicted octanol–water partition coefficient (Wildman–Crippen LogP) is 0.0408. The molecule has 0 aliphatic rings. The molecule has 8 heteroatoms. The first-order valence-electron chi connectivity index (χ1n) is 5.69. The van der Waals surface area contributed by atoms with E-state index >= 15 is 0 Å². The molecule has 0 aromatic heterocycles. The van der Waals surface area contributed by atoms with Crippen molar-refractivity contribution in [3.8, 4) is 0 Å². The van der Waals surface area contributed by atoms with Gasteiger partial charge in [0.05, 0.1) is 0 Å². The number of hydrogen-bond donors (Lipinski definition) is 2. The standard InChI is InChI=1S/C10H22N2O5S/c1-8(2)12(3)18(15,16)11-9(10(13)14)6-5-7-17-4/h8-9,11H,5-7H2,1-4H3,(H,13,14). The van der Waals surface area contributed by atoms with Crippen LogP contribution in [0.25, 0.3) is 0 Å². The average molecular weight is 282 g/mol.